The van der Waals surface area contributed by atoms with Crippen molar-refractivity contribution in [3.05, 3.63) is 29.9 Å². The number of aromatic nitrogens is 2. The lowest BCUT2D eigenvalue weighted by molar-refractivity contribution is -0.139. The molecule has 5 aliphatic rings. The first-order valence-electron chi connectivity index (χ1n) is 24.2. The molecule has 0 bridgehead atoms. The van der Waals surface area contributed by atoms with Gasteiger partial charge in [0.1, 0.15) is 12.1 Å². The van der Waals surface area contributed by atoms with Crippen molar-refractivity contribution in [3.8, 4) is 0 Å². The highest BCUT2D eigenvalue weighted by molar-refractivity contribution is 5.90. The first kappa shape index (κ1) is 47.0. The highest BCUT2D eigenvalue weighted by Gasteiger charge is 2.59. The number of H-pyrrole nitrogens is 1. The number of amides is 4. The summed E-state index contributed by atoms with van der Waals surface area (Å²) in [5, 5.41) is 8.83. The van der Waals surface area contributed by atoms with Crippen LogP contribution >= 0.6 is 0 Å². The normalized spacial score (nSPS) is 31.6. The van der Waals surface area contributed by atoms with Gasteiger partial charge in [-0.05, 0) is 124 Å². The largest absolute Gasteiger partial charge is 0.446 e. The van der Waals surface area contributed by atoms with Gasteiger partial charge < -0.3 is 42.0 Å². The number of imidazole rings is 1. The number of aromatic amines is 1. The van der Waals surface area contributed by atoms with Crippen molar-refractivity contribution in [1.82, 2.24) is 30.8 Å². The molecule has 0 aromatic carbocycles. The number of alkyl carbamates (subject to hydrolysis) is 1. The number of carbonyl (C=O) groups is 4. The lowest BCUT2D eigenvalue weighted by Crippen LogP contribution is -2.51. The number of hydrogen-bond donors (Lipinski definition) is 6. The number of rotatable bonds is 20. The minimum absolute atomic E-state index is 0.131. The van der Waals surface area contributed by atoms with Crippen molar-refractivity contribution in [2.45, 2.75) is 174 Å². The summed E-state index contributed by atoms with van der Waals surface area (Å²) in [7, 11) is 0. The second-order valence-electron chi connectivity index (χ2n) is 20.6. The summed E-state index contributed by atoms with van der Waals surface area (Å²) in [6.45, 7) is 13.8. The van der Waals surface area contributed by atoms with Crippen LogP contribution in [0.3, 0.4) is 0 Å². The van der Waals surface area contributed by atoms with E-state index in [0.717, 1.165) is 73.3 Å². The molecule has 4 amide bonds. The van der Waals surface area contributed by atoms with Crippen molar-refractivity contribution in [2.75, 3.05) is 26.2 Å². The number of ether oxygens (including phenoxy) is 1. The van der Waals surface area contributed by atoms with Crippen LogP contribution in [0.15, 0.2) is 24.2 Å². The zero-order valence-corrected chi connectivity index (χ0v) is 38.2. The number of nitrogens with two attached hydrogens (primary N) is 2. The summed E-state index contributed by atoms with van der Waals surface area (Å²) in [5.74, 6) is 4.01. The lowest BCUT2D eigenvalue weighted by Gasteiger charge is -2.58. The van der Waals surface area contributed by atoms with Crippen molar-refractivity contribution in [1.29, 1.82) is 0 Å². The van der Waals surface area contributed by atoms with Crippen LogP contribution in [-0.2, 0) is 25.5 Å². The van der Waals surface area contributed by atoms with E-state index in [1.54, 1.807) is 12.5 Å². The fourth-order valence-corrected chi connectivity index (χ4v) is 12.8. The molecule has 1 aliphatic heterocycles. The first-order valence-corrected chi connectivity index (χ1v) is 24.2. The van der Waals surface area contributed by atoms with Crippen LogP contribution in [-0.4, -0.2) is 89.1 Å². The molecule has 342 valence electrons. The number of nitrogens with one attached hydrogen (secondary N) is 4. The number of fused-ring (bicyclic) bond motifs is 5. The summed E-state index contributed by atoms with van der Waals surface area (Å²) < 4.78 is 5.99. The van der Waals surface area contributed by atoms with Gasteiger partial charge in [0.25, 0.3) is 0 Å². The molecule has 2 heterocycles. The number of unbranched alkanes of at least 4 members (excludes halogenated alkanes) is 1. The molecule has 11 atom stereocenters. The Balaban J connectivity index is 0.925. The molecule has 8 N–H and O–H groups in total. The van der Waals surface area contributed by atoms with Crippen LogP contribution in [0.25, 0.3) is 0 Å². The van der Waals surface area contributed by atoms with E-state index in [4.69, 9.17) is 16.2 Å². The Hall–Kier alpha value is -3.45. The van der Waals surface area contributed by atoms with E-state index in [-0.39, 0.29) is 42.2 Å². The third-order valence-corrected chi connectivity index (χ3v) is 16.2. The number of nitrogens with zero attached hydrogens (tertiary/aromatic N) is 2. The molecule has 1 aromatic rings. The van der Waals surface area contributed by atoms with E-state index in [9.17, 15) is 19.2 Å². The van der Waals surface area contributed by atoms with Crippen LogP contribution in [0, 0.1) is 46.3 Å². The maximum absolute atomic E-state index is 13.4. The third-order valence-electron chi connectivity index (χ3n) is 16.2. The van der Waals surface area contributed by atoms with E-state index < -0.39 is 24.2 Å². The van der Waals surface area contributed by atoms with Gasteiger partial charge in [0.2, 0.25) is 17.7 Å². The second-order valence-corrected chi connectivity index (χ2v) is 20.6. The Morgan fingerprint density at radius 2 is 1.79 bits per heavy atom. The maximum Gasteiger partial charge on any atom is 0.407 e. The molecule has 0 radical (unpaired) electrons. The fraction of sp³-hybridized carbons (Fsp3) is 0.812. The predicted molar refractivity (Wildman–Crippen MR) is 239 cm³/mol. The summed E-state index contributed by atoms with van der Waals surface area (Å²) in [6.07, 6.45) is 22.2. The highest BCUT2D eigenvalue weighted by Crippen LogP contribution is 2.67. The molecule has 61 heavy (non-hydrogen) atoms. The maximum atomic E-state index is 13.4. The van der Waals surface area contributed by atoms with E-state index in [1.165, 1.54) is 61.8 Å². The van der Waals surface area contributed by atoms with Gasteiger partial charge in [-0.15, -0.1) is 0 Å². The standard InChI is InChI=1S/C48H80N8O5/c1-31(2)10-8-11-32(3)38-16-17-39-37-15-14-33-26-36(18-21-47(33,4)40(37)19-22-48(38,39)5)61-46(60)53-24-9-13-43(57)55-35-27-42(44(58)52-25-20-34-28-51-30-54-34)56(29-35)45(59)41(50)12-6-7-23-49/h14,28,30-32,35-42H,6-13,15-27,29,49-50H2,1-5H3,(H,51,54)(H,52,58)(H,53,60)(H,55,57)/t32-,35+,36?,37?,38-,39?,40?,41-,42?,47+,48-/m1/s1. The lowest BCUT2D eigenvalue weighted by atomic mass is 9.47. The van der Waals surface area contributed by atoms with Gasteiger partial charge in [0.05, 0.1) is 12.4 Å². The minimum atomic E-state index is -0.747. The summed E-state index contributed by atoms with van der Waals surface area (Å²) in [4.78, 5) is 61.3. The van der Waals surface area contributed by atoms with Crippen LogP contribution in [0.2, 0.25) is 0 Å². The Labute approximate surface area is 365 Å². The molecule has 4 aliphatic carbocycles. The molecule has 0 spiro atoms. The minimum Gasteiger partial charge on any atom is -0.446 e. The Bertz CT molecular complexity index is 1650. The quantitative estimate of drug-likeness (QED) is 0.0629. The fourth-order valence-electron chi connectivity index (χ4n) is 12.8. The van der Waals surface area contributed by atoms with Gasteiger partial charge >= 0.3 is 6.09 Å². The van der Waals surface area contributed by atoms with Gasteiger partial charge in [-0.2, -0.15) is 0 Å². The van der Waals surface area contributed by atoms with Gasteiger partial charge in [0, 0.05) is 56.8 Å². The molecule has 13 nitrogen and oxygen atoms in total. The third kappa shape index (κ3) is 11.4. The van der Waals surface area contributed by atoms with Gasteiger partial charge in [-0.1, -0.05) is 72.0 Å². The van der Waals surface area contributed by atoms with Crippen molar-refractivity contribution in [3.63, 3.8) is 0 Å². The predicted octanol–water partition coefficient (Wildman–Crippen LogP) is 6.53. The van der Waals surface area contributed by atoms with Crippen molar-refractivity contribution >= 4 is 23.8 Å². The average Bonchev–Trinajstić information content (AvgIpc) is 3.98. The average molecular weight is 849 g/mol. The molecule has 6 rings (SSSR count). The van der Waals surface area contributed by atoms with E-state index in [2.05, 4.69) is 66.6 Å². The number of likely N-dealkylation sites (tertiary alicyclic amines) is 1. The Morgan fingerprint density at radius 1 is 0.967 bits per heavy atom. The van der Waals surface area contributed by atoms with Crippen LogP contribution in [0.1, 0.15) is 149 Å². The molecule has 1 aromatic heterocycles. The number of carbonyl (C=O) groups excluding carboxylic acids is 4. The molecule has 5 unspecified atom stereocenters. The van der Waals surface area contributed by atoms with Crippen LogP contribution in [0.4, 0.5) is 4.79 Å². The molecule has 3 saturated carbocycles. The van der Waals surface area contributed by atoms with Crippen molar-refractivity contribution < 1.29 is 23.9 Å². The highest BCUT2D eigenvalue weighted by atomic mass is 16.6. The zero-order chi connectivity index (χ0) is 43.7. The molecule has 13 heteroatoms. The second kappa shape index (κ2) is 21.3. The van der Waals surface area contributed by atoms with E-state index >= 15 is 0 Å². The van der Waals surface area contributed by atoms with Crippen molar-refractivity contribution in [2.24, 2.45) is 57.8 Å². The zero-order valence-electron chi connectivity index (χ0n) is 38.2. The summed E-state index contributed by atoms with van der Waals surface area (Å²) in [6, 6.07) is -1.88. The van der Waals surface area contributed by atoms with Crippen LogP contribution in [0.5, 0.6) is 0 Å². The van der Waals surface area contributed by atoms with E-state index in [0.29, 0.717) is 50.7 Å². The Morgan fingerprint density at radius 3 is 2.54 bits per heavy atom. The molecule has 1 saturated heterocycles. The number of allylic oxidation sites excluding steroid dienone is 1. The smallest absolute Gasteiger partial charge is 0.407 e. The number of hydrogen-bond acceptors (Lipinski definition) is 8. The SMILES string of the molecule is CC(C)CCC[C@@H](C)[C@H]1CCC2C3CC=C4CC(OC(=O)NCCCC(=O)N[C@H]5CC(C(=O)NCCc6cnc[nH]6)N(C(=O)[C@H](N)CCCCN)C5)CC[C@]4(C)C3CC[C@@]21C. The Kier molecular flexibility index (Phi) is 16.4. The molecular formula is C48H80N8O5. The van der Waals surface area contributed by atoms with Gasteiger partial charge in [0.15, 0.2) is 0 Å². The van der Waals surface area contributed by atoms with Gasteiger partial charge in [-0.25, -0.2) is 9.78 Å². The molecule has 4 fully saturated rings. The topological polar surface area (TPSA) is 198 Å². The monoisotopic (exact) mass is 849 g/mol. The summed E-state index contributed by atoms with van der Waals surface area (Å²) in [5.41, 5.74) is 15.0. The van der Waals surface area contributed by atoms with Gasteiger partial charge in [-0.3, -0.25) is 14.4 Å². The van der Waals surface area contributed by atoms with Crippen LogP contribution < -0.4 is 27.4 Å². The molecular weight excluding hydrogens is 769 g/mol. The summed E-state index contributed by atoms with van der Waals surface area (Å²) >= 11 is 0. The first-order chi connectivity index (χ1) is 29.2. The van der Waals surface area contributed by atoms with E-state index in [1.807, 2.05) is 0 Å².